The standard InChI is InChI=1S/C15H11BF3NO/c1-14(19,13-5-2-9(16)7-20-13)15(8-21-15)11-4-3-10(17)6-12(11)18/h2-7H,8H2,1H3. The third kappa shape index (κ3) is 2.14. The molecule has 1 fully saturated rings. The van der Waals surface area contributed by atoms with Crippen LogP contribution in [0.25, 0.3) is 0 Å². The lowest BCUT2D eigenvalue weighted by atomic mass is 9.81. The first-order chi connectivity index (χ1) is 9.87. The Morgan fingerprint density at radius 2 is 2.00 bits per heavy atom. The molecule has 6 heteroatoms. The first-order valence-electron chi connectivity index (χ1n) is 6.37. The van der Waals surface area contributed by atoms with Crippen molar-refractivity contribution in [3.63, 3.8) is 0 Å². The largest absolute Gasteiger partial charge is 0.360 e. The van der Waals surface area contributed by atoms with E-state index in [0.717, 1.165) is 6.07 Å². The average molecular weight is 289 g/mol. The molecular weight excluding hydrogens is 278 g/mol. The molecule has 0 amide bonds. The molecule has 2 aromatic rings. The number of alkyl halides is 1. The molecular formula is C15H11BF3NO. The van der Waals surface area contributed by atoms with Crippen LogP contribution >= 0.6 is 0 Å². The van der Waals surface area contributed by atoms with E-state index in [1.165, 1.54) is 31.3 Å². The third-order valence-corrected chi connectivity index (χ3v) is 3.82. The topological polar surface area (TPSA) is 25.4 Å². The van der Waals surface area contributed by atoms with E-state index in [1.54, 1.807) is 0 Å². The number of benzene rings is 1. The van der Waals surface area contributed by atoms with E-state index >= 15 is 4.39 Å². The Balaban J connectivity index is 2.06. The van der Waals surface area contributed by atoms with E-state index in [4.69, 9.17) is 12.6 Å². The lowest BCUT2D eigenvalue weighted by Crippen LogP contribution is -2.36. The predicted octanol–water partition coefficient (Wildman–Crippen LogP) is 2.26. The molecule has 1 aliphatic rings. The summed E-state index contributed by atoms with van der Waals surface area (Å²) in [6.07, 6.45) is 1.32. The number of epoxide rings is 1. The minimum atomic E-state index is -2.07. The molecule has 3 rings (SSSR count). The summed E-state index contributed by atoms with van der Waals surface area (Å²) in [5.74, 6) is -1.56. The van der Waals surface area contributed by atoms with Gasteiger partial charge in [-0.25, -0.2) is 13.2 Å². The van der Waals surface area contributed by atoms with Crippen LogP contribution in [0, 0.1) is 11.6 Å². The molecule has 106 valence electrons. The number of ether oxygens (including phenoxy) is 1. The Hall–Kier alpha value is -1.82. The van der Waals surface area contributed by atoms with Crippen LogP contribution < -0.4 is 5.46 Å². The zero-order chi connectivity index (χ0) is 15.3. The number of rotatable bonds is 3. The quantitative estimate of drug-likeness (QED) is 0.640. The predicted molar refractivity (Wildman–Crippen MR) is 72.1 cm³/mol. The zero-order valence-electron chi connectivity index (χ0n) is 11.2. The molecule has 0 bridgehead atoms. The summed E-state index contributed by atoms with van der Waals surface area (Å²) in [7, 11) is 5.53. The number of aromatic nitrogens is 1. The SMILES string of the molecule is [B]c1ccc(C(C)(F)C2(c3ccc(F)cc3F)CO2)nc1. The molecule has 2 atom stereocenters. The highest BCUT2D eigenvalue weighted by molar-refractivity contribution is 6.32. The highest BCUT2D eigenvalue weighted by atomic mass is 19.1. The van der Waals surface area contributed by atoms with Crippen LogP contribution in [0.4, 0.5) is 13.2 Å². The second kappa shape index (κ2) is 4.60. The fraction of sp³-hybridized carbons (Fsp3) is 0.267. The van der Waals surface area contributed by atoms with Gasteiger partial charge in [0, 0.05) is 17.8 Å². The van der Waals surface area contributed by atoms with Crippen molar-refractivity contribution in [3.8, 4) is 0 Å². The number of halogens is 3. The zero-order valence-corrected chi connectivity index (χ0v) is 11.2. The van der Waals surface area contributed by atoms with Gasteiger partial charge in [-0.05, 0) is 19.1 Å². The van der Waals surface area contributed by atoms with Gasteiger partial charge in [-0.15, -0.1) is 0 Å². The van der Waals surface area contributed by atoms with Crippen molar-refractivity contribution in [2.75, 3.05) is 6.61 Å². The minimum Gasteiger partial charge on any atom is -0.360 e. The maximum Gasteiger partial charge on any atom is 0.185 e. The molecule has 2 nitrogen and oxygen atoms in total. The Bertz CT molecular complexity index is 684. The maximum atomic E-state index is 15.3. The van der Waals surface area contributed by atoms with Gasteiger partial charge in [-0.2, -0.15) is 0 Å². The second-order valence-corrected chi connectivity index (χ2v) is 5.22. The third-order valence-electron chi connectivity index (χ3n) is 3.82. The van der Waals surface area contributed by atoms with Crippen LogP contribution in [-0.4, -0.2) is 19.4 Å². The number of hydrogen-bond acceptors (Lipinski definition) is 2. The smallest absolute Gasteiger partial charge is 0.185 e. The maximum absolute atomic E-state index is 15.3. The van der Waals surface area contributed by atoms with Gasteiger partial charge in [-0.3, -0.25) is 4.98 Å². The van der Waals surface area contributed by atoms with E-state index in [-0.39, 0.29) is 17.9 Å². The van der Waals surface area contributed by atoms with Gasteiger partial charge in [0.25, 0.3) is 0 Å². The van der Waals surface area contributed by atoms with Gasteiger partial charge in [0.15, 0.2) is 11.3 Å². The fourth-order valence-electron chi connectivity index (χ4n) is 2.46. The van der Waals surface area contributed by atoms with Crippen molar-refractivity contribution in [1.29, 1.82) is 0 Å². The highest BCUT2D eigenvalue weighted by Gasteiger charge is 2.64. The van der Waals surface area contributed by atoms with Crippen molar-refractivity contribution in [2.24, 2.45) is 0 Å². The first kappa shape index (κ1) is 14.1. The summed E-state index contributed by atoms with van der Waals surface area (Å²) in [6, 6.07) is 5.93. The van der Waals surface area contributed by atoms with Crippen LogP contribution in [0.3, 0.4) is 0 Å². The molecule has 0 spiro atoms. The number of nitrogens with zero attached hydrogens (tertiary/aromatic N) is 1. The lowest BCUT2D eigenvalue weighted by Gasteiger charge is -2.28. The molecule has 2 unspecified atom stereocenters. The summed E-state index contributed by atoms with van der Waals surface area (Å²) in [5, 5.41) is 0. The molecule has 1 saturated heterocycles. The van der Waals surface area contributed by atoms with Crippen LogP contribution in [0.15, 0.2) is 36.5 Å². The van der Waals surface area contributed by atoms with Crippen LogP contribution in [-0.2, 0) is 16.0 Å². The van der Waals surface area contributed by atoms with Gasteiger partial charge >= 0.3 is 0 Å². The van der Waals surface area contributed by atoms with Crippen LogP contribution in [0.2, 0.25) is 0 Å². The van der Waals surface area contributed by atoms with Gasteiger partial charge in [-0.1, -0.05) is 17.6 Å². The fourth-order valence-corrected chi connectivity index (χ4v) is 2.46. The van der Waals surface area contributed by atoms with Crippen molar-refractivity contribution < 1.29 is 17.9 Å². The van der Waals surface area contributed by atoms with Crippen molar-refractivity contribution in [3.05, 3.63) is 59.4 Å². The molecule has 0 N–H and O–H groups in total. The Labute approximate surface area is 121 Å². The van der Waals surface area contributed by atoms with Crippen LogP contribution in [0.5, 0.6) is 0 Å². The van der Waals surface area contributed by atoms with E-state index in [2.05, 4.69) is 4.98 Å². The van der Waals surface area contributed by atoms with E-state index in [0.29, 0.717) is 11.5 Å². The number of hydrogen-bond donors (Lipinski definition) is 0. The van der Waals surface area contributed by atoms with Gasteiger partial charge in [0.2, 0.25) is 0 Å². The molecule has 1 aromatic carbocycles. The van der Waals surface area contributed by atoms with Gasteiger partial charge in [0.1, 0.15) is 19.5 Å². The van der Waals surface area contributed by atoms with E-state index in [9.17, 15) is 8.78 Å². The minimum absolute atomic E-state index is 0.00535. The van der Waals surface area contributed by atoms with Crippen molar-refractivity contribution in [1.82, 2.24) is 4.98 Å². The summed E-state index contributed by atoms with van der Waals surface area (Å²) < 4.78 is 47.5. The molecule has 21 heavy (non-hydrogen) atoms. The van der Waals surface area contributed by atoms with Gasteiger partial charge < -0.3 is 4.74 Å². The van der Waals surface area contributed by atoms with Gasteiger partial charge in [0.05, 0.1) is 12.3 Å². The summed E-state index contributed by atoms with van der Waals surface area (Å²) in [6.45, 7) is 1.26. The number of pyridine rings is 1. The Kier molecular flexibility index (Phi) is 3.09. The molecule has 1 aliphatic heterocycles. The normalized spacial score (nSPS) is 23.6. The second-order valence-electron chi connectivity index (χ2n) is 5.22. The molecule has 2 radical (unpaired) electrons. The van der Waals surface area contributed by atoms with E-state index < -0.39 is 22.9 Å². The summed E-state index contributed by atoms with van der Waals surface area (Å²) in [4.78, 5) is 3.95. The molecule has 2 heterocycles. The summed E-state index contributed by atoms with van der Waals surface area (Å²) >= 11 is 0. The lowest BCUT2D eigenvalue weighted by molar-refractivity contribution is 0.0524. The molecule has 1 aromatic heterocycles. The monoisotopic (exact) mass is 289 g/mol. The van der Waals surface area contributed by atoms with Crippen molar-refractivity contribution >= 4 is 13.3 Å². The van der Waals surface area contributed by atoms with E-state index in [1.807, 2.05) is 0 Å². The molecule has 0 aliphatic carbocycles. The van der Waals surface area contributed by atoms with Crippen molar-refractivity contribution in [2.45, 2.75) is 18.2 Å². The Morgan fingerprint density at radius 1 is 1.29 bits per heavy atom. The van der Waals surface area contributed by atoms with Crippen LogP contribution in [0.1, 0.15) is 18.2 Å². The Morgan fingerprint density at radius 3 is 2.52 bits per heavy atom. The highest BCUT2D eigenvalue weighted by Crippen LogP contribution is 2.55. The first-order valence-corrected chi connectivity index (χ1v) is 6.37. The average Bonchev–Trinajstić information content (AvgIpc) is 3.21. The summed E-state index contributed by atoms with van der Waals surface area (Å²) in [5.41, 5.74) is -3.11. The molecule has 0 saturated carbocycles.